The van der Waals surface area contributed by atoms with Crippen LogP contribution in [-0.4, -0.2) is 50.9 Å². The number of hydrogen-bond acceptors (Lipinski definition) is 8. The summed E-state index contributed by atoms with van der Waals surface area (Å²) in [5, 5.41) is 15.5. The van der Waals surface area contributed by atoms with Gasteiger partial charge in [-0.2, -0.15) is 10.1 Å². The molecule has 5 rings (SSSR count). The van der Waals surface area contributed by atoms with Crippen LogP contribution in [0.5, 0.6) is 0 Å². The number of piperazine rings is 1. The number of pyridine rings is 1. The first-order valence-electron chi connectivity index (χ1n) is 10.8. The third-order valence-electron chi connectivity index (χ3n) is 5.77. The molecule has 9 heteroatoms. The lowest BCUT2D eigenvalue weighted by Gasteiger charge is -2.29. The molecule has 1 fully saturated rings. The van der Waals surface area contributed by atoms with Crippen LogP contribution < -0.4 is 20.9 Å². The van der Waals surface area contributed by atoms with Gasteiger partial charge < -0.3 is 20.9 Å². The average molecular weight is 430 g/mol. The normalized spacial score (nSPS) is 14.0. The lowest BCUT2D eigenvalue weighted by molar-refractivity contribution is 0.589. The molecule has 32 heavy (non-hydrogen) atoms. The van der Waals surface area contributed by atoms with E-state index in [0.29, 0.717) is 11.8 Å². The minimum absolute atomic E-state index is 0.488. The maximum Gasteiger partial charge on any atom is 0.230 e. The van der Waals surface area contributed by atoms with Crippen molar-refractivity contribution in [2.75, 3.05) is 41.7 Å². The fraction of sp³-hybridized carbons (Fsp3) is 0.304. The Labute approximate surface area is 186 Å². The molecular weight excluding hydrogens is 402 g/mol. The van der Waals surface area contributed by atoms with E-state index in [-0.39, 0.29) is 0 Å². The van der Waals surface area contributed by atoms with Gasteiger partial charge in [0.05, 0.1) is 17.3 Å². The molecule has 4 heterocycles. The monoisotopic (exact) mass is 429 g/mol. The highest BCUT2D eigenvalue weighted by molar-refractivity contribution is 5.90. The van der Waals surface area contributed by atoms with Crippen LogP contribution in [0.25, 0.3) is 11.0 Å². The highest BCUT2D eigenvalue weighted by atomic mass is 15.3. The Bertz CT molecular complexity index is 1220. The molecule has 0 spiro atoms. The summed E-state index contributed by atoms with van der Waals surface area (Å²) in [5.74, 6) is 1.94. The smallest absolute Gasteiger partial charge is 0.230 e. The second-order valence-electron chi connectivity index (χ2n) is 8.06. The lowest BCUT2D eigenvalue weighted by atomic mass is 10.1. The summed E-state index contributed by atoms with van der Waals surface area (Å²) in [6.45, 7) is 8.15. The molecule has 0 radical (unpaired) electrons. The molecule has 164 valence electrons. The standard InChI is InChI=1S/C23H27N9/c1-15-5-4-6-16(2)20(15)28-21-18-14-26-23(29-22(18)31(3)30-21)27-19-8-7-17(13-25-19)32-11-9-24-10-12-32/h4-8,13-14,24H,9-12H2,1-3H3,(H,28,30)(H,25,26,27,29). The van der Waals surface area contributed by atoms with Crippen molar-refractivity contribution in [1.29, 1.82) is 0 Å². The molecule has 0 bridgehead atoms. The SMILES string of the molecule is Cc1cccc(C)c1Nc1nn(C)c2nc(Nc3ccc(N4CCNCC4)cn3)ncc12. The predicted octanol–water partition coefficient (Wildman–Crippen LogP) is 3.27. The minimum Gasteiger partial charge on any atom is -0.368 e. The Hall–Kier alpha value is -3.72. The summed E-state index contributed by atoms with van der Waals surface area (Å²) in [5.41, 5.74) is 5.26. The van der Waals surface area contributed by atoms with Crippen molar-refractivity contribution in [2.45, 2.75) is 13.8 Å². The second-order valence-corrected chi connectivity index (χ2v) is 8.06. The van der Waals surface area contributed by atoms with Crippen molar-refractivity contribution in [2.24, 2.45) is 7.05 Å². The van der Waals surface area contributed by atoms with Gasteiger partial charge in [0, 0.05) is 45.1 Å². The number of fused-ring (bicyclic) bond motifs is 1. The first-order valence-corrected chi connectivity index (χ1v) is 10.8. The van der Waals surface area contributed by atoms with Gasteiger partial charge in [0.2, 0.25) is 5.95 Å². The zero-order valence-corrected chi connectivity index (χ0v) is 18.6. The molecule has 0 atom stereocenters. The molecule has 9 nitrogen and oxygen atoms in total. The summed E-state index contributed by atoms with van der Waals surface area (Å²) in [4.78, 5) is 16.0. The van der Waals surface area contributed by atoms with E-state index >= 15 is 0 Å². The van der Waals surface area contributed by atoms with E-state index in [1.54, 1.807) is 10.9 Å². The van der Waals surface area contributed by atoms with Gasteiger partial charge in [0.1, 0.15) is 5.82 Å². The van der Waals surface area contributed by atoms with Gasteiger partial charge in [-0.3, -0.25) is 0 Å². The van der Waals surface area contributed by atoms with E-state index in [9.17, 15) is 0 Å². The van der Waals surface area contributed by atoms with Gasteiger partial charge in [-0.05, 0) is 37.1 Å². The summed E-state index contributed by atoms with van der Waals surface area (Å²) in [6.07, 6.45) is 3.69. The van der Waals surface area contributed by atoms with Crippen molar-refractivity contribution < 1.29 is 0 Å². The van der Waals surface area contributed by atoms with E-state index in [0.717, 1.165) is 54.4 Å². The number of aromatic nitrogens is 5. The molecule has 3 aromatic heterocycles. The van der Waals surface area contributed by atoms with Gasteiger partial charge in [-0.1, -0.05) is 18.2 Å². The van der Waals surface area contributed by atoms with Crippen LogP contribution in [0, 0.1) is 13.8 Å². The van der Waals surface area contributed by atoms with Crippen LogP contribution >= 0.6 is 0 Å². The van der Waals surface area contributed by atoms with Crippen molar-refractivity contribution in [1.82, 2.24) is 30.0 Å². The highest BCUT2D eigenvalue weighted by Gasteiger charge is 2.15. The molecule has 1 aliphatic rings. The number of anilines is 5. The summed E-state index contributed by atoms with van der Waals surface area (Å²) in [7, 11) is 1.88. The quantitative estimate of drug-likeness (QED) is 0.445. The molecule has 4 aromatic rings. The van der Waals surface area contributed by atoms with Crippen LogP contribution in [0.1, 0.15) is 11.1 Å². The first-order chi connectivity index (χ1) is 15.6. The molecule has 3 N–H and O–H groups in total. The Morgan fingerprint density at radius 2 is 1.72 bits per heavy atom. The number of nitrogens with zero attached hydrogens (tertiary/aromatic N) is 6. The largest absolute Gasteiger partial charge is 0.368 e. The van der Waals surface area contributed by atoms with Crippen LogP contribution in [0.2, 0.25) is 0 Å². The Kier molecular flexibility index (Phi) is 5.32. The number of benzene rings is 1. The number of hydrogen-bond donors (Lipinski definition) is 3. The molecule has 1 aromatic carbocycles. The molecule has 1 saturated heterocycles. The van der Waals surface area contributed by atoms with Crippen molar-refractivity contribution in [3.63, 3.8) is 0 Å². The van der Waals surface area contributed by atoms with Crippen molar-refractivity contribution >= 4 is 40.0 Å². The van der Waals surface area contributed by atoms with E-state index in [4.69, 9.17) is 0 Å². The Balaban J connectivity index is 1.36. The van der Waals surface area contributed by atoms with Crippen LogP contribution in [-0.2, 0) is 7.05 Å². The molecule has 0 unspecified atom stereocenters. The van der Waals surface area contributed by atoms with Gasteiger partial charge >= 0.3 is 0 Å². The van der Waals surface area contributed by atoms with Gasteiger partial charge in [-0.15, -0.1) is 0 Å². The molecular formula is C23H27N9. The number of rotatable bonds is 5. The van der Waals surface area contributed by atoms with Gasteiger partial charge in [0.15, 0.2) is 11.5 Å². The lowest BCUT2D eigenvalue weighted by Crippen LogP contribution is -2.43. The van der Waals surface area contributed by atoms with Crippen LogP contribution in [0.3, 0.4) is 0 Å². The zero-order valence-electron chi connectivity index (χ0n) is 18.6. The molecule has 0 aliphatic carbocycles. The maximum absolute atomic E-state index is 4.67. The molecule has 0 saturated carbocycles. The third kappa shape index (κ3) is 3.94. The minimum atomic E-state index is 0.488. The summed E-state index contributed by atoms with van der Waals surface area (Å²) >= 11 is 0. The number of aryl methyl sites for hydroxylation is 3. The van der Waals surface area contributed by atoms with E-state index < -0.39 is 0 Å². The van der Waals surface area contributed by atoms with E-state index in [1.165, 1.54) is 11.1 Å². The van der Waals surface area contributed by atoms with Gasteiger partial charge in [0.25, 0.3) is 0 Å². The molecule has 1 aliphatic heterocycles. The van der Waals surface area contributed by atoms with Crippen molar-refractivity contribution in [3.8, 4) is 0 Å². The van der Waals surface area contributed by atoms with E-state index in [1.807, 2.05) is 19.3 Å². The fourth-order valence-corrected chi connectivity index (χ4v) is 4.01. The maximum atomic E-state index is 4.67. The Morgan fingerprint density at radius 3 is 2.44 bits per heavy atom. The second kappa shape index (κ2) is 8.43. The Morgan fingerprint density at radius 1 is 0.938 bits per heavy atom. The third-order valence-corrected chi connectivity index (χ3v) is 5.77. The zero-order chi connectivity index (χ0) is 22.1. The topological polar surface area (TPSA) is 95.8 Å². The summed E-state index contributed by atoms with van der Waals surface area (Å²) < 4.78 is 1.76. The highest BCUT2D eigenvalue weighted by Crippen LogP contribution is 2.28. The number of para-hydroxylation sites is 1. The van der Waals surface area contributed by atoms with Crippen LogP contribution in [0.15, 0.2) is 42.7 Å². The summed E-state index contributed by atoms with van der Waals surface area (Å²) in [6, 6.07) is 10.3. The van der Waals surface area contributed by atoms with E-state index in [2.05, 4.69) is 79.0 Å². The average Bonchev–Trinajstić information content (AvgIpc) is 3.12. The first kappa shape index (κ1) is 20.2. The molecule has 0 amide bonds. The number of nitrogens with one attached hydrogen (secondary N) is 3. The fourth-order valence-electron chi connectivity index (χ4n) is 4.01. The van der Waals surface area contributed by atoms with Gasteiger partial charge in [-0.25, -0.2) is 14.6 Å². The predicted molar refractivity (Wildman–Crippen MR) is 128 cm³/mol. The van der Waals surface area contributed by atoms with Crippen molar-refractivity contribution in [3.05, 3.63) is 53.9 Å². The van der Waals surface area contributed by atoms with Crippen LogP contribution in [0.4, 0.5) is 29.0 Å².